The molecule has 0 spiro atoms. The van der Waals surface area contributed by atoms with Gasteiger partial charge in [-0.3, -0.25) is 9.78 Å². The van der Waals surface area contributed by atoms with Gasteiger partial charge in [0.2, 0.25) is 10.0 Å². The zero-order valence-corrected chi connectivity index (χ0v) is 10.6. The van der Waals surface area contributed by atoms with Crippen LogP contribution in [0.1, 0.15) is 19.8 Å². The van der Waals surface area contributed by atoms with Crippen molar-refractivity contribution in [1.82, 2.24) is 9.71 Å². The summed E-state index contributed by atoms with van der Waals surface area (Å²) in [5, 5.41) is 9.21. The topological polar surface area (TPSA) is 96.4 Å². The predicted octanol–water partition coefficient (Wildman–Crippen LogP) is 0.613. The fourth-order valence-corrected chi connectivity index (χ4v) is 3.19. The van der Waals surface area contributed by atoms with Crippen LogP contribution in [0.2, 0.25) is 0 Å². The lowest BCUT2D eigenvalue weighted by Crippen LogP contribution is -2.53. The van der Waals surface area contributed by atoms with E-state index in [1.807, 2.05) is 0 Å². The summed E-state index contributed by atoms with van der Waals surface area (Å²) in [7, 11) is -3.86. The summed E-state index contributed by atoms with van der Waals surface area (Å²) in [4.78, 5) is 15.0. The Morgan fingerprint density at radius 3 is 2.67 bits per heavy atom. The van der Waals surface area contributed by atoms with Crippen LogP contribution in [-0.2, 0) is 14.8 Å². The molecule has 0 aromatic carbocycles. The summed E-state index contributed by atoms with van der Waals surface area (Å²) >= 11 is 0. The first-order valence-corrected chi connectivity index (χ1v) is 7.02. The molecule has 1 fully saturated rings. The third-order valence-electron chi connectivity index (χ3n) is 3.13. The second-order valence-electron chi connectivity index (χ2n) is 4.58. The van der Waals surface area contributed by atoms with Crippen molar-refractivity contribution in [2.75, 3.05) is 0 Å². The Balaban J connectivity index is 2.30. The molecule has 18 heavy (non-hydrogen) atoms. The number of nitrogens with zero attached hydrogens (tertiary/aromatic N) is 1. The Kier molecular flexibility index (Phi) is 3.12. The molecule has 1 heterocycles. The van der Waals surface area contributed by atoms with Crippen LogP contribution in [0.25, 0.3) is 0 Å². The van der Waals surface area contributed by atoms with Crippen LogP contribution in [0.3, 0.4) is 0 Å². The molecule has 0 amide bonds. The smallest absolute Gasteiger partial charge is 0.324 e. The van der Waals surface area contributed by atoms with Crippen molar-refractivity contribution in [3.05, 3.63) is 24.5 Å². The van der Waals surface area contributed by atoms with Crippen LogP contribution in [0.5, 0.6) is 0 Å². The highest BCUT2D eigenvalue weighted by Gasteiger charge is 2.50. The summed E-state index contributed by atoms with van der Waals surface area (Å²) in [6, 6.07) is 2.87. The van der Waals surface area contributed by atoms with Gasteiger partial charge in [0.05, 0.1) is 0 Å². The lowest BCUT2D eigenvalue weighted by atomic mass is 9.98. The van der Waals surface area contributed by atoms with Crippen molar-refractivity contribution in [3.8, 4) is 0 Å². The lowest BCUT2D eigenvalue weighted by Gasteiger charge is -2.25. The van der Waals surface area contributed by atoms with Crippen molar-refractivity contribution in [1.29, 1.82) is 0 Å². The van der Waals surface area contributed by atoms with E-state index in [-0.39, 0.29) is 10.8 Å². The monoisotopic (exact) mass is 270 g/mol. The fourth-order valence-electron chi connectivity index (χ4n) is 1.81. The number of carboxylic acid groups (broad SMARTS) is 1. The SMILES string of the molecule is CC(NS(=O)(=O)c1cccnc1)(C(=O)O)C1CC1. The van der Waals surface area contributed by atoms with Crippen LogP contribution < -0.4 is 4.72 Å². The van der Waals surface area contributed by atoms with Crippen LogP contribution >= 0.6 is 0 Å². The van der Waals surface area contributed by atoms with Crippen LogP contribution in [0, 0.1) is 5.92 Å². The lowest BCUT2D eigenvalue weighted by molar-refractivity contribution is -0.144. The van der Waals surface area contributed by atoms with Crippen LogP contribution in [0.15, 0.2) is 29.4 Å². The fraction of sp³-hybridized carbons (Fsp3) is 0.455. The number of aliphatic carboxylic acids is 1. The van der Waals surface area contributed by atoms with E-state index in [4.69, 9.17) is 0 Å². The molecule has 1 aliphatic rings. The van der Waals surface area contributed by atoms with Crippen LogP contribution in [-0.4, -0.2) is 30.0 Å². The highest BCUT2D eigenvalue weighted by molar-refractivity contribution is 7.89. The van der Waals surface area contributed by atoms with Gasteiger partial charge in [-0.2, -0.15) is 4.72 Å². The van der Waals surface area contributed by atoms with E-state index >= 15 is 0 Å². The first kappa shape index (κ1) is 13.0. The number of nitrogens with one attached hydrogen (secondary N) is 1. The largest absolute Gasteiger partial charge is 0.480 e. The molecule has 0 radical (unpaired) electrons. The number of carbonyl (C=O) groups is 1. The van der Waals surface area contributed by atoms with Gasteiger partial charge in [0, 0.05) is 12.4 Å². The number of aromatic nitrogens is 1. The Morgan fingerprint density at radius 2 is 2.22 bits per heavy atom. The standard InChI is InChI=1S/C11H14N2O4S/c1-11(10(14)15,8-4-5-8)13-18(16,17)9-3-2-6-12-7-9/h2-3,6-8,13H,4-5H2,1H3,(H,14,15). The maximum absolute atomic E-state index is 12.1. The Hall–Kier alpha value is -1.47. The number of hydrogen-bond acceptors (Lipinski definition) is 4. The van der Waals surface area contributed by atoms with Crippen molar-refractivity contribution in [2.45, 2.75) is 30.2 Å². The third-order valence-corrected chi connectivity index (χ3v) is 4.68. The quantitative estimate of drug-likeness (QED) is 0.817. The summed E-state index contributed by atoms with van der Waals surface area (Å²) in [6.07, 6.45) is 4.09. The zero-order chi connectivity index (χ0) is 13.4. The molecule has 1 aromatic heterocycles. The molecule has 0 saturated heterocycles. The van der Waals surface area contributed by atoms with E-state index in [0.717, 1.165) is 12.8 Å². The van der Waals surface area contributed by atoms with Gasteiger partial charge in [-0.1, -0.05) is 0 Å². The Labute approximate surface area is 105 Å². The molecule has 1 aliphatic carbocycles. The van der Waals surface area contributed by atoms with Crippen molar-refractivity contribution in [3.63, 3.8) is 0 Å². The molecule has 7 heteroatoms. The average molecular weight is 270 g/mol. The van der Waals surface area contributed by atoms with Gasteiger partial charge in [-0.25, -0.2) is 8.42 Å². The molecule has 1 saturated carbocycles. The average Bonchev–Trinajstić information content (AvgIpc) is 3.13. The number of pyridine rings is 1. The Bertz CT molecular complexity index is 554. The van der Waals surface area contributed by atoms with Gasteiger partial charge < -0.3 is 5.11 Å². The van der Waals surface area contributed by atoms with E-state index < -0.39 is 21.5 Å². The van der Waals surface area contributed by atoms with E-state index in [9.17, 15) is 18.3 Å². The van der Waals surface area contributed by atoms with Crippen molar-refractivity contribution in [2.24, 2.45) is 5.92 Å². The van der Waals surface area contributed by atoms with Crippen molar-refractivity contribution < 1.29 is 18.3 Å². The zero-order valence-electron chi connectivity index (χ0n) is 9.83. The second kappa shape index (κ2) is 4.33. The minimum absolute atomic E-state index is 0.0295. The predicted molar refractivity (Wildman–Crippen MR) is 63.3 cm³/mol. The van der Waals surface area contributed by atoms with Gasteiger partial charge in [0.1, 0.15) is 10.4 Å². The molecule has 6 nitrogen and oxygen atoms in total. The second-order valence-corrected chi connectivity index (χ2v) is 6.26. The van der Waals surface area contributed by atoms with Gasteiger partial charge >= 0.3 is 5.97 Å². The van der Waals surface area contributed by atoms with E-state index in [1.54, 1.807) is 0 Å². The van der Waals surface area contributed by atoms with Gasteiger partial charge in [-0.15, -0.1) is 0 Å². The number of sulfonamides is 1. The van der Waals surface area contributed by atoms with Gasteiger partial charge in [0.15, 0.2) is 0 Å². The molecule has 0 aliphatic heterocycles. The van der Waals surface area contributed by atoms with E-state index in [1.165, 1.54) is 31.5 Å². The molecular weight excluding hydrogens is 256 g/mol. The first-order chi connectivity index (χ1) is 8.36. The third kappa shape index (κ3) is 2.37. The van der Waals surface area contributed by atoms with E-state index in [0.29, 0.717) is 0 Å². The van der Waals surface area contributed by atoms with E-state index in [2.05, 4.69) is 9.71 Å². The summed E-state index contributed by atoms with van der Waals surface area (Å²) in [6.45, 7) is 1.40. The number of carboxylic acids is 1. The molecule has 0 bridgehead atoms. The maximum Gasteiger partial charge on any atom is 0.324 e. The first-order valence-electron chi connectivity index (χ1n) is 5.53. The minimum atomic E-state index is -3.86. The summed E-state index contributed by atoms with van der Waals surface area (Å²) in [5.41, 5.74) is -1.45. The molecule has 1 atom stereocenters. The summed E-state index contributed by atoms with van der Waals surface area (Å²) in [5.74, 6) is -1.31. The summed E-state index contributed by atoms with van der Waals surface area (Å²) < 4.78 is 26.4. The van der Waals surface area contributed by atoms with Crippen LogP contribution in [0.4, 0.5) is 0 Å². The maximum atomic E-state index is 12.1. The molecular formula is C11H14N2O4S. The van der Waals surface area contributed by atoms with Gasteiger partial charge in [0.25, 0.3) is 0 Å². The molecule has 2 rings (SSSR count). The van der Waals surface area contributed by atoms with Gasteiger partial charge in [-0.05, 0) is 37.8 Å². The molecule has 1 aromatic rings. The highest BCUT2D eigenvalue weighted by atomic mass is 32.2. The molecule has 2 N–H and O–H groups in total. The number of rotatable bonds is 5. The Morgan fingerprint density at radius 1 is 1.56 bits per heavy atom. The van der Waals surface area contributed by atoms with Crippen molar-refractivity contribution >= 4 is 16.0 Å². The number of hydrogen-bond donors (Lipinski definition) is 2. The molecule has 1 unspecified atom stereocenters. The molecule has 98 valence electrons. The minimum Gasteiger partial charge on any atom is -0.480 e. The normalized spacial score (nSPS) is 19.2. The highest BCUT2D eigenvalue weighted by Crippen LogP contribution is 2.40.